The Labute approximate surface area is 220 Å². The smallest absolute Gasteiger partial charge is 0.421 e. The average Bonchev–Trinajstić information content (AvgIpc) is 3.30. The van der Waals surface area contributed by atoms with E-state index in [0.717, 1.165) is 4.90 Å². The molecule has 0 aromatic heterocycles. The molecule has 0 aliphatic carbocycles. The molecule has 0 N–H and O–H groups in total. The predicted molar refractivity (Wildman–Crippen MR) is 139 cm³/mol. The standard InChI is InChI=1S/C30H24N4O4/c1-28(2,3)38-27(36)33-23-17-11-10-16-22(23)30(26(33)35)24(20-12-6-4-7-13-20)29(18-31,19-32)25(34(30)37)21-14-8-5-9-15-21/h4-17,24H,1-3H3/t24-,30+/m1/s1. The van der Waals surface area contributed by atoms with E-state index in [1.54, 1.807) is 106 Å². The van der Waals surface area contributed by atoms with E-state index >= 15 is 0 Å². The number of imide groups is 1. The van der Waals surface area contributed by atoms with Gasteiger partial charge in [-0.15, -0.1) is 0 Å². The van der Waals surface area contributed by atoms with Gasteiger partial charge in [0.15, 0.2) is 0 Å². The molecule has 2 atom stereocenters. The third kappa shape index (κ3) is 3.24. The average molecular weight is 505 g/mol. The fraction of sp³-hybridized carbons (Fsp3) is 0.233. The van der Waals surface area contributed by atoms with Crippen molar-refractivity contribution in [2.75, 3.05) is 4.90 Å². The van der Waals surface area contributed by atoms with Gasteiger partial charge in [-0.1, -0.05) is 60.7 Å². The van der Waals surface area contributed by atoms with Crippen molar-refractivity contribution in [3.05, 3.63) is 107 Å². The van der Waals surface area contributed by atoms with Crippen molar-refractivity contribution in [3.8, 4) is 12.1 Å². The number of hydroxylamine groups is 1. The van der Waals surface area contributed by atoms with Crippen molar-refractivity contribution in [2.45, 2.75) is 37.8 Å². The second-order valence-corrected chi connectivity index (χ2v) is 10.3. The zero-order valence-corrected chi connectivity index (χ0v) is 21.1. The third-order valence-electron chi connectivity index (χ3n) is 6.94. The van der Waals surface area contributed by atoms with Crippen LogP contribution in [0.4, 0.5) is 10.5 Å². The van der Waals surface area contributed by atoms with Crippen LogP contribution in [0.15, 0.2) is 84.9 Å². The molecule has 3 aromatic rings. The minimum Gasteiger partial charge on any atom is -0.622 e. The number of carbonyl (C=O) groups is 2. The van der Waals surface area contributed by atoms with Crippen LogP contribution in [0, 0.1) is 33.3 Å². The first kappa shape index (κ1) is 24.7. The number of amides is 2. The molecule has 8 nitrogen and oxygen atoms in total. The quantitative estimate of drug-likeness (QED) is 0.358. The Hall–Kier alpha value is -4.95. The normalized spacial score (nSPS) is 21.7. The van der Waals surface area contributed by atoms with Gasteiger partial charge in [0.2, 0.25) is 11.1 Å². The molecule has 0 unspecified atom stereocenters. The summed E-state index contributed by atoms with van der Waals surface area (Å²) in [4.78, 5) is 28.8. The first-order valence-corrected chi connectivity index (χ1v) is 12.1. The van der Waals surface area contributed by atoms with Crippen molar-refractivity contribution in [1.29, 1.82) is 10.5 Å². The topological polar surface area (TPSA) is 120 Å². The monoisotopic (exact) mass is 504 g/mol. The number of anilines is 1. The highest BCUT2D eigenvalue weighted by atomic mass is 16.6. The molecule has 3 aromatic carbocycles. The summed E-state index contributed by atoms with van der Waals surface area (Å²) in [7, 11) is 0. The van der Waals surface area contributed by atoms with Crippen LogP contribution in [0.2, 0.25) is 0 Å². The van der Waals surface area contributed by atoms with Crippen LogP contribution in [-0.2, 0) is 15.1 Å². The van der Waals surface area contributed by atoms with Gasteiger partial charge < -0.3 is 9.94 Å². The molecule has 188 valence electrons. The van der Waals surface area contributed by atoms with Gasteiger partial charge in [0, 0.05) is 5.56 Å². The molecule has 0 saturated heterocycles. The van der Waals surface area contributed by atoms with Crippen LogP contribution in [0.3, 0.4) is 0 Å². The Morgan fingerprint density at radius 2 is 1.50 bits per heavy atom. The number of nitrogens with zero attached hydrogens (tertiary/aromatic N) is 4. The van der Waals surface area contributed by atoms with Gasteiger partial charge in [-0.3, -0.25) is 4.79 Å². The minimum atomic E-state index is -2.12. The molecule has 2 heterocycles. The molecule has 0 saturated carbocycles. The van der Waals surface area contributed by atoms with Crippen molar-refractivity contribution in [1.82, 2.24) is 0 Å². The summed E-state index contributed by atoms with van der Waals surface area (Å²) < 4.78 is 6.04. The van der Waals surface area contributed by atoms with E-state index in [1.807, 2.05) is 0 Å². The number of carbonyl (C=O) groups excluding carboxylic acids is 2. The number of fused-ring (bicyclic) bond motifs is 2. The lowest BCUT2D eigenvalue weighted by atomic mass is 9.63. The van der Waals surface area contributed by atoms with Gasteiger partial charge in [0.1, 0.15) is 11.5 Å². The van der Waals surface area contributed by atoms with E-state index in [-0.39, 0.29) is 17.0 Å². The number of benzene rings is 3. The maximum Gasteiger partial charge on any atom is 0.421 e. The van der Waals surface area contributed by atoms with E-state index in [1.165, 1.54) is 0 Å². The molecule has 0 bridgehead atoms. The molecule has 2 aliphatic rings. The minimum absolute atomic E-state index is 0.147. The number of rotatable bonds is 2. The highest BCUT2D eigenvalue weighted by Gasteiger charge is 2.77. The molecular weight excluding hydrogens is 480 g/mol. The largest absolute Gasteiger partial charge is 0.622 e. The molecular formula is C30H24N4O4. The molecule has 2 aliphatic heterocycles. The third-order valence-corrected chi connectivity index (χ3v) is 6.94. The summed E-state index contributed by atoms with van der Waals surface area (Å²) in [5, 5.41) is 35.9. The molecule has 5 rings (SSSR count). The van der Waals surface area contributed by atoms with Gasteiger partial charge in [0.25, 0.3) is 5.54 Å². The van der Waals surface area contributed by atoms with E-state index < -0.39 is 34.5 Å². The number of ether oxygens (including phenoxy) is 1. The summed E-state index contributed by atoms with van der Waals surface area (Å²) in [6.07, 6.45) is -0.945. The maximum atomic E-state index is 14.7. The SMILES string of the molecule is CC(C)(C)OC(=O)N1C(=O)[C@]2(c3ccccc31)[C@H](c1ccccc1)C(C#N)(C#N)C(c1ccccc1)=[N+]2[O-]. The predicted octanol–water partition coefficient (Wildman–Crippen LogP) is 4.99. The van der Waals surface area contributed by atoms with Crippen LogP contribution in [-0.4, -0.2) is 28.1 Å². The highest BCUT2D eigenvalue weighted by Crippen LogP contribution is 2.61. The lowest BCUT2D eigenvalue weighted by Crippen LogP contribution is -2.52. The molecule has 0 fully saturated rings. The Kier molecular flexibility index (Phi) is 5.58. The zero-order valence-electron chi connectivity index (χ0n) is 21.1. The number of para-hydroxylation sites is 1. The summed E-state index contributed by atoms with van der Waals surface area (Å²) in [6, 6.07) is 27.6. The van der Waals surface area contributed by atoms with Crippen molar-refractivity contribution >= 4 is 23.4 Å². The van der Waals surface area contributed by atoms with Crippen LogP contribution >= 0.6 is 0 Å². The molecule has 38 heavy (non-hydrogen) atoms. The number of hydrogen-bond donors (Lipinski definition) is 0. The fourth-order valence-electron chi connectivity index (χ4n) is 5.59. The molecule has 8 heteroatoms. The van der Waals surface area contributed by atoms with Crippen LogP contribution in [0.25, 0.3) is 0 Å². The summed E-state index contributed by atoms with van der Waals surface area (Å²) in [5.74, 6) is -2.14. The zero-order chi connectivity index (χ0) is 27.3. The van der Waals surface area contributed by atoms with Gasteiger partial charge in [-0.05, 0) is 50.6 Å². The lowest BCUT2D eigenvalue weighted by Gasteiger charge is -2.31. The van der Waals surface area contributed by atoms with E-state index in [2.05, 4.69) is 12.1 Å². The molecule has 2 amide bonds. The van der Waals surface area contributed by atoms with E-state index in [0.29, 0.717) is 15.9 Å². The van der Waals surface area contributed by atoms with E-state index in [9.17, 15) is 25.3 Å². The van der Waals surface area contributed by atoms with E-state index in [4.69, 9.17) is 4.74 Å². The maximum absolute atomic E-state index is 14.7. The Morgan fingerprint density at radius 1 is 0.947 bits per heavy atom. The van der Waals surface area contributed by atoms with Crippen molar-refractivity contribution < 1.29 is 19.1 Å². The van der Waals surface area contributed by atoms with Gasteiger partial charge in [0.05, 0.1) is 23.4 Å². The van der Waals surface area contributed by atoms with Crippen LogP contribution < -0.4 is 4.90 Å². The lowest BCUT2D eigenvalue weighted by molar-refractivity contribution is -0.533. The summed E-state index contributed by atoms with van der Waals surface area (Å²) >= 11 is 0. The van der Waals surface area contributed by atoms with Crippen LogP contribution in [0.5, 0.6) is 0 Å². The van der Waals surface area contributed by atoms with Gasteiger partial charge in [-0.2, -0.15) is 15.3 Å². The first-order valence-electron chi connectivity index (χ1n) is 12.1. The van der Waals surface area contributed by atoms with Crippen molar-refractivity contribution in [3.63, 3.8) is 0 Å². The van der Waals surface area contributed by atoms with Crippen LogP contribution in [0.1, 0.15) is 43.4 Å². The Morgan fingerprint density at radius 3 is 2.08 bits per heavy atom. The first-order chi connectivity index (χ1) is 18.1. The van der Waals surface area contributed by atoms with Gasteiger partial charge in [-0.25, -0.2) is 9.69 Å². The second-order valence-electron chi connectivity index (χ2n) is 10.3. The second kappa shape index (κ2) is 8.57. The Balaban J connectivity index is 1.90. The van der Waals surface area contributed by atoms with Gasteiger partial charge >= 0.3 is 12.0 Å². The van der Waals surface area contributed by atoms with Crippen molar-refractivity contribution in [2.24, 2.45) is 5.41 Å². The molecule has 0 radical (unpaired) electrons. The number of hydrogen-bond acceptors (Lipinski definition) is 6. The summed E-state index contributed by atoms with van der Waals surface area (Å²) in [6.45, 7) is 5.02. The number of nitriles is 2. The summed E-state index contributed by atoms with van der Waals surface area (Å²) in [5.41, 5.74) is -4.07. The molecule has 1 spiro atoms. The highest BCUT2D eigenvalue weighted by molar-refractivity contribution is 6.23. The Bertz CT molecular complexity index is 1550. The fourth-order valence-corrected chi connectivity index (χ4v) is 5.59.